The van der Waals surface area contributed by atoms with Crippen molar-refractivity contribution in [3.63, 3.8) is 0 Å². The number of hydrogen-bond acceptors (Lipinski definition) is 7. The molecule has 0 fully saturated rings. The maximum atomic E-state index is 5.79. The third-order valence-electron chi connectivity index (χ3n) is 2.23. The highest BCUT2D eigenvalue weighted by molar-refractivity contribution is 7.99. The predicted molar refractivity (Wildman–Crippen MR) is 74.7 cm³/mol. The van der Waals surface area contributed by atoms with Crippen LogP contribution >= 0.6 is 23.4 Å². The van der Waals surface area contributed by atoms with Crippen molar-refractivity contribution < 1.29 is 0 Å². The number of nitrogens with zero attached hydrogens (tertiary/aromatic N) is 6. The molecule has 0 bridgehead atoms. The SMILES string of the molecule is Nc1nc(Sc2ccc(Cl)cn2)nc(-n2cccn2)n1. The molecule has 0 spiro atoms. The molecule has 0 atom stereocenters. The van der Waals surface area contributed by atoms with Gasteiger partial charge in [-0.1, -0.05) is 11.6 Å². The number of pyridine rings is 1. The van der Waals surface area contributed by atoms with Crippen molar-refractivity contribution in [1.82, 2.24) is 29.7 Å². The maximum Gasteiger partial charge on any atom is 0.256 e. The van der Waals surface area contributed by atoms with E-state index in [1.807, 2.05) is 0 Å². The van der Waals surface area contributed by atoms with E-state index in [-0.39, 0.29) is 5.95 Å². The molecular formula is C11H8ClN7S. The highest BCUT2D eigenvalue weighted by Gasteiger charge is 2.08. The Balaban J connectivity index is 1.92. The van der Waals surface area contributed by atoms with Gasteiger partial charge in [-0.25, -0.2) is 9.67 Å². The van der Waals surface area contributed by atoms with Gasteiger partial charge in [-0.2, -0.15) is 20.1 Å². The Morgan fingerprint density at radius 3 is 2.80 bits per heavy atom. The van der Waals surface area contributed by atoms with E-state index in [0.717, 1.165) is 0 Å². The number of rotatable bonds is 3. The van der Waals surface area contributed by atoms with Crippen molar-refractivity contribution in [3.05, 3.63) is 41.8 Å². The van der Waals surface area contributed by atoms with Gasteiger partial charge in [0.05, 0.1) is 5.02 Å². The first-order valence-electron chi connectivity index (χ1n) is 5.52. The lowest BCUT2D eigenvalue weighted by molar-refractivity contribution is 0.764. The number of hydrogen-bond donors (Lipinski definition) is 1. The van der Waals surface area contributed by atoms with E-state index in [0.29, 0.717) is 21.2 Å². The van der Waals surface area contributed by atoms with Crippen molar-refractivity contribution in [2.75, 3.05) is 5.73 Å². The van der Waals surface area contributed by atoms with Gasteiger partial charge in [0.25, 0.3) is 5.95 Å². The van der Waals surface area contributed by atoms with Crippen LogP contribution in [0.5, 0.6) is 0 Å². The van der Waals surface area contributed by atoms with Crippen LogP contribution in [-0.2, 0) is 0 Å². The van der Waals surface area contributed by atoms with E-state index in [4.69, 9.17) is 17.3 Å². The molecule has 20 heavy (non-hydrogen) atoms. The Labute approximate surface area is 123 Å². The summed E-state index contributed by atoms with van der Waals surface area (Å²) in [6.07, 6.45) is 4.92. The molecule has 2 N–H and O–H groups in total. The van der Waals surface area contributed by atoms with Crippen molar-refractivity contribution in [1.29, 1.82) is 0 Å². The summed E-state index contributed by atoms with van der Waals surface area (Å²) in [5.41, 5.74) is 5.69. The third kappa shape index (κ3) is 2.86. The molecule has 0 aliphatic rings. The van der Waals surface area contributed by atoms with Gasteiger partial charge in [0.2, 0.25) is 11.1 Å². The minimum absolute atomic E-state index is 0.127. The van der Waals surface area contributed by atoms with Crippen LogP contribution in [-0.4, -0.2) is 29.7 Å². The fourth-order valence-electron chi connectivity index (χ4n) is 1.41. The monoisotopic (exact) mass is 305 g/mol. The van der Waals surface area contributed by atoms with Crippen LogP contribution in [0.15, 0.2) is 47.0 Å². The first-order valence-corrected chi connectivity index (χ1v) is 6.71. The van der Waals surface area contributed by atoms with Crippen LogP contribution in [0.4, 0.5) is 5.95 Å². The van der Waals surface area contributed by atoms with Gasteiger partial charge < -0.3 is 5.73 Å². The highest BCUT2D eigenvalue weighted by atomic mass is 35.5. The quantitative estimate of drug-likeness (QED) is 0.788. The highest BCUT2D eigenvalue weighted by Crippen LogP contribution is 2.24. The molecule has 0 saturated carbocycles. The largest absolute Gasteiger partial charge is 0.368 e. The summed E-state index contributed by atoms with van der Waals surface area (Å²) in [6, 6.07) is 5.30. The van der Waals surface area contributed by atoms with Crippen LogP contribution < -0.4 is 5.73 Å². The van der Waals surface area contributed by atoms with E-state index < -0.39 is 0 Å². The molecule has 3 rings (SSSR count). The first kappa shape index (κ1) is 12.8. The second-order valence-corrected chi connectivity index (χ2v) is 5.07. The molecular weight excluding hydrogens is 298 g/mol. The minimum atomic E-state index is 0.127. The topological polar surface area (TPSA) is 95.4 Å². The van der Waals surface area contributed by atoms with Crippen LogP contribution in [0, 0.1) is 0 Å². The van der Waals surface area contributed by atoms with E-state index in [9.17, 15) is 0 Å². The Kier molecular flexibility index (Phi) is 3.48. The van der Waals surface area contributed by atoms with Gasteiger partial charge in [0, 0.05) is 18.6 Å². The lowest BCUT2D eigenvalue weighted by Crippen LogP contribution is -2.07. The van der Waals surface area contributed by atoms with Gasteiger partial charge in [-0.3, -0.25) is 0 Å². The lowest BCUT2D eigenvalue weighted by atomic mass is 10.5. The second kappa shape index (κ2) is 5.43. The summed E-state index contributed by atoms with van der Waals surface area (Å²) in [6.45, 7) is 0. The van der Waals surface area contributed by atoms with Crippen LogP contribution in [0.2, 0.25) is 5.02 Å². The van der Waals surface area contributed by atoms with Crippen LogP contribution in [0.3, 0.4) is 0 Å². The Morgan fingerprint density at radius 1 is 1.20 bits per heavy atom. The van der Waals surface area contributed by atoms with Crippen LogP contribution in [0.1, 0.15) is 0 Å². The van der Waals surface area contributed by atoms with E-state index in [1.165, 1.54) is 16.4 Å². The van der Waals surface area contributed by atoms with Crippen LogP contribution in [0.25, 0.3) is 5.95 Å². The minimum Gasteiger partial charge on any atom is -0.368 e. The number of nitrogen functional groups attached to an aromatic ring is 1. The maximum absolute atomic E-state index is 5.79. The van der Waals surface area contributed by atoms with E-state index >= 15 is 0 Å². The molecule has 0 unspecified atom stereocenters. The van der Waals surface area contributed by atoms with Gasteiger partial charge in [-0.05, 0) is 30.0 Å². The molecule has 3 heterocycles. The van der Waals surface area contributed by atoms with Gasteiger partial charge in [0.15, 0.2) is 0 Å². The van der Waals surface area contributed by atoms with Gasteiger partial charge in [-0.15, -0.1) is 0 Å². The smallest absolute Gasteiger partial charge is 0.256 e. The molecule has 0 aromatic carbocycles. The molecule has 0 amide bonds. The first-order chi connectivity index (χ1) is 9.70. The fraction of sp³-hybridized carbons (Fsp3) is 0. The van der Waals surface area contributed by atoms with E-state index in [2.05, 4.69) is 25.0 Å². The normalized spacial score (nSPS) is 10.7. The summed E-state index contributed by atoms with van der Waals surface area (Å²) in [7, 11) is 0. The summed E-state index contributed by atoms with van der Waals surface area (Å²) >= 11 is 7.06. The molecule has 3 aromatic rings. The standard InChI is InChI=1S/C11H8ClN7S/c12-7-2-3-8(14-6-7)20-11-17-9(13)16-10(18-11)19-5-1-4-15-19/h1-6H,(H2,13,16,17,18). The molecule has 0 radical (unpaired) electrons. The molecule has 100 valence electrons. The van der Waals surface area contributed by atoms with Gasteiger partial charge in [0.1, 0.15) is 5.03 Å². The van der Waals surface area contributed by atoms with E-state index in [1.54, 1.807) is 36.8 Å². The number of halogens is 1. The Bertz CT molecular complexity index is 714. The van der Waals surface area contributed by atoms with Crippen molar-refractivity contribution in [3.8, 4) is 5.95 Å². The molecule has 0 aliphatic heterocycles. The molecule has 0 saturated heterocycles. The zero-order valence-electron chi connectivity index (χ0n) is 10.0. The molecule has 0 aliphatic carbocycles. The average molecular weight is 306 g/mol. The second-order valence-electron chi connectivity index (χ2n) is 3.64. The zero-order chi connectivity index (χ0) is 13.9. The lowest BCUT2D eigenvalue weighted by Gasteiger charge is -2.04. The number of anilines is 1. The summed E-state index contributed by atoms with van der Waals surface area (Å²) in [4.78, 5) is 16.5. The number of nitrogens with two attached hydrogens (primary N) is 1. The molecule has 9 heteroatoms. The molecule has 7 nitrogen and oxygen atoms in total. The van der Waals surface area contributed by atoms with Crippen molar-refractivity contribution in [2.24, 2.45) is 0 Å². The Hall–Kier alpha value is -2.19. The summed E-state index contributed by atoms with van der Waals surface area (Å²) < 4.78 is 1.51. The van der Waals surface area contributed by atoms with Crippen molar-refractivity contribution >= 4 is 29.3 Å². The predicted octanol–water partition coefficient (Wildman–Crippen LogP) is 1.84. The average Bonchev–Trinajstić information content (AvgIpc) is 2.95. The molecule has 3 aromatic heterocycles. The number of aromatic nitrogens is 6. The Morgan fingerprint density at radius 2 is 2.10 bits per heavy atom. The third-order valence-corrected chi connectivity index (χ3v) is 3.27. The zero-order valence-corrected chi connectivity index (χ0v) is 11.6. The van der Waals surface area contributed by atoms with Gasteiger partial charge >= 0.3 is 0 Å². The fourth-order valence-corrected chi connectivity index (χ4v) is 2.22. The summed E-state index contributed by atoms with van der Waals surface area (Å²) in [5, 5.41) is 5.78. The van der Waals surface area contributed by atoms with Crippen molar-refractivity contribution in [2.45, 2.75) is 10.2 Å². The summed E-state index contributed by atoms with van der Waals surface area (Å²) in [5.74, 6) is 0.487.